The molecule has 0 atom stereocenters. The molecule has 0 N–H and O–H groups in total. The van der Waals surface area contributed by atoms with Crippen molar-refractivity contribution in [3.63, 3.8) is 0 Å². The zero-order valence-electron chi connectivity index (χ0n) is 14.0. The summed E-state index contributed by atoms with van der Waals surface area (Å²) < 4.78 is 39.5. The molecule has 0 radical (unpaired) electrons. The van der Waals surface area contributed by atoms with E-state index in [0.29, 0.717) is 5.71 Å². The van der Waals surface area contributed by atoms with Gasteiger partial charge in [-0.3, -0.25) is 9.79 Å². The van der Waals surface area contributed by atoms with Crippen molar-refractivity contribution in [3.05, 3.63) is 70.8 Å². The minimum absolute atomic E-state index is 0.145. The quantitative estimate of drug-likeness (QED) is 0.712. The van der Waals surface area contributed by atoms with Crippen molar-refractivity contribution < 1.29 is 18.0 Å². The van der Waals surface area contributed by atoms with Crippen LogP contribution in [0.2, 0.25) is 0 Å². The maximum absolute atomic E-state index is 13.2. The van der Waals surface area contributed by atoms with Crippen molar-refractivity contribution in [1.82, 2.24) is 0 Å². The molecule has 2 aromatic carbocycles. The van der Waals surface area contributed by atoms with Gasteiger partial charge < -0.3 is 0 Å². The predicted octanol–water partition coefficient (Wildman–Crippen LogP) is 5.10. The second-order valence-electron chi connectivity index (χ2n) is 6.85. The lowest BCUT2D eigenvalue weighted by Crippen LogP contribution is -2.30. The lowest BCUT2D eigenvalue weighted by molar-refractivity contribution is -0.137. The van der Waals surface area contributed by atoms with E-state index in [1.54, 1.807) is 0 Å². The number of hydrogen-bond acceptors (Lipinski definition) is 2. The fourth-order valence-electron chi connectivity index (χ4n) is 3.24. The van der Waals surface area contributed by atoms with Gasteiger partial charge >= 0.3 is 6.18 Å². The number of carbonyl (C=O) groups excluding carboxylic acids is 1. The van der Waals surface area contributed by atoms with Crippen LogP contribution in [0, 0.1) is 0 Å². The molecule has 0 saturated heterocycles. The van der Waals surface area contributed by atoms with Crippen LogP contribution in [0.1, 0.15) is 47.3 Å². The number of aliphatic imine (C=N–C) groups is 1. The van der Waals surface area contributed by atoms with E-state index in [4.69, 9.17) is 0 Å². The molecule has 25 heavy (non-hydrogen) atoms. The van der Waals surface area contributed by atoms with Crippen LogP contribution in [0.25, 0.3) is 0 Å². The van der Waals surface area contributed by atoms with Gasteiger partial charge in [0.1, 0.15) is 0 Å². The number of fused-ring (bicyclic) bond motifs is 1. The number of hydrogen-bond donors (Lipinski definition) is 0. The van der Waals surface area contributed by atoms with Crippen molar-refractivity contribution >= 4 is 11.5 Å². The molecule has 130 valence electrons. The van der Waals surface area contributed by atoms with Crippen molar-refractivity contribution in [3.8, 4) is 0 Å². The SMILES string of the molecule is CC1(C)Cc2ccccc2C(CC(=O)c2ccccc2C(F)(F)F)=N1. The van der Waals surface area contributed by atoms with E-state index in [1.165, 1.54) is 18.2 Å². The first kappa shape index (κ1) is 17.4. The van der Waals surface area contributed by atoms with Crippen LogP contribution in [0.4, 0.5) is 13.2 Å². The first-order valence-corrected chi connectivity index (χ1v) is 8.04. The van der Waals surface area contributed by atoms with Gasteiger partial charge in [0.2, 0.25) is 0 Å². The van der Waals surface area contributed by atoms with E-state index in [9.17, 15) is 18.0 Å². The molecule has 1 heterocycles. The largest absolute Gasteiger partial charge is 0.417 e. The molecule has 2 nitrogen and oxygen atoms in total. The average molecular weight is 345 g/mol. The van der Waals surface area contributed by atoms with Crippen LogP contribution in [0.15, 0.2) is 53.5 Å². The van der Waals surface area contributed by atoms with Gasteiger partial charge in [-0.2, -0.15) is 13.2 Å². The molecular weight excluding hydrogens is 327 g/mol. The summed E-state index contributed by atoms with van der Waals surface area (Å²) in [6, 6.07) is 12.5. The van der Waals surface area contributed by atoms with Crippen LogP contribution < -0.4 is 0 Å². The normalized spacial score (nSPS) is 16.1. The van der Waals surface area contributed by atoms with Crippen molar-refractivity contribution in [1.29, 1.82) is 0 Å². The molecule has 1 aliphatic rings. The molecule has 0 aromatic heterocycles. The lowest BCUT2D eigenvalue weighted by atomic mass is 9.85. The molecule has 3 rings (SSSR count). The zero-order valence-corrected chi connectivity index (χ0v) is 14.0. The second kappa shape index (κ2) is 6.14. The Balaban J connectivity index is 1.98. The number of alkyl halides is 3. The first-order chi connectivity index (χ1) is 11.7. The van der Waals surface area contributed by atoms with Gasteiger partial charge in [0.25, 0.3) is 0 Å². The van der Waals surface area contributed by atoms with E-state index in [-0.39, 0.29) is 17.5 Å². The molecular formula is C20H18F3NO. The fraction of sp³-hybridized carbons (Fsp3) is 0.300. The molecule has 5 heteroatoms. The Morgan fingerprint density at radius 3 is 2.44 bits per heavy atom. The van der Waals surface area contributed by atoms with Gasteiger partial charge in [-0.1, -0.05) is 42.5 Å². The Labute approximate surface area is 144 Å². The molecule has 2 aromatic rings. The number of Topliss-reactive ketones (excluding diaryl/α,β-unsaturated/α-hetero) is 1. The Bertz CT molecular complexity index is 850. The molecule has 0 aliphatic carbocycles. The number of halogens is 3. The van der Waals surface area contributed by atoms with Crippen LogP contribution >= 0.6 is 0 Å². The van der Waals surface area contributed by atoms with Crippen molar-refractivity contribution in [2.45, 2.75) is 38.4 Å². The van der Waals surface area contributed by atoms with Crippen LogP contribution in [0.5, 0.6) is 0 Å². The van der Waals surface area contributed by atoms with Gasteiger partial charge in [-0.25, -0.2) is 0 Å². The highest BCUT2D eigenvalue weighted by molar-refractivity contribution is 6.17. The summed E-state index contributed by atoms with van der Waals surface area (Å²) in [5.74, 6) is -0.570. The maximum atomic E-state index is 13.2. The summed E-state index contributed by atoms with van der Waals surface area (Å²) in [5.41, 5.74) is 0.874. The van der Waals surface area contributed by atoms with Gasteiger partial charge in [0.05, 0.1) is 23.2 Å². The Hall–Kier alpha value is -2.43. The van der Waals surface area contributed by atoms with E-state index < -0.39 is 17.5 Å². The van der Waals surface area contributed by atoms with E-state index in [0.717, 1.165) is 23.6 Å². The third kappa shape index (κ3) is 3.65. The summed E-state index contributed by atoms with van der Waals surface area (Å²) in [4.78, 5) is 17.2. The van der Waals surface area contributed by atoms with Crippen molar-refractivity contribution in [2.75, 3.05) is 0 Å². The Kier molecular flexibility index (Phi) is 4.27. The van der Waals surface area contributed by atoms with Gasteiger partial charge in [-0.05, 0) is 37.5 Å². The molecule has 0 saturated carbocycles. The maximum Gasteiger partial charge on any atom is 0.417 e. The van der Waals surface area contributed by atoms with Crippen LogP contribution in [-0.4, -0.2) is 17.0 Å². The number of carbonyl (C=O) groups is 1. The first-order valence-electron chi connectivity index (χ1n) is 8.04. The summed E-state index contributed by atoms with van der Waals surface area (Å²) in [6.45, 7) is 3.91. The molecule has 0 bridgehead atoms. The lowest BCUT2D eigenvalue weighted by Gasteiger charge is -2.29. The van der Waals surface area contributed by atoms with Crippen molar-refractivity contribution in [2.24, 2.45) is 4.99 Å². The third-order valence-electron chi connectivity index (χ3n) is 4.25. The fourth-order valence-corrected chi connectivity index (χ4v) is 3.24. The summed E-state index contributed by atoms with van der Waals surface area (Å²) in [5, 5.41) is 0. The average Bonchev–Trinajstić information content (AvgIpc) is 2.53. The molecule has 0 fully saturated rings. The monoisotopic (exact) mass is 345 g/mol. The minimum atomic E-state index is -4.56. The Morgan fingerprint density at radius 1 is 1.08 bits per heavy atom. The van der Waals surface area contributed by atoms with Gasteiger partial charge in [0, 0.05) is 5.56 Å². The highest BCUT2D eigenvalue weighted by Gasteiger charge is 2.35. The molecule has 1 aliphatic heterocycles. The van der Waals surface area contributed by atoms with E-state index in [1.807, 2.05) is 38.1 Å². The number of ketones is 1. The highest BCUT2D eigenvalue weighted by atomic mass is 19.4. The third-order valence-corrected chi connectivity index (χ3v) is 4.25. The molecule has 0 amide bonds. The predicted molar refractivity (Wildman–Crippen MR) is 91.2 cm³/mol. The standard InChI is InChI=1S/C20H18F3NO/c1-19(2)12-13-7-3-4-8-14(13)17(24-19)11-18(25)15-9-5-6-10-16(15)20(21,22)23/h3-10H,11-12H2,1-2H3. The number of benzene rings is 2. The van der Waals surface area contributed by atoms with Crippen LogP contribution in [-0.2, 0) is 12.6 Å². The van der Waals surface area contributed by atoms with Crippen LogP contribution in [0.3, 0.4) is 0 Å². The summed E-state index contributed by atoms with van der Waals surface area (Å²) in [7, 11) is 0. The number of rotatable bonds is 3. The summed E-state index contributed by atoms with van der Waals surface area (Å²) >= 11 is 0. The molecule has 0 unspecified atom stereocenters. The van der Waals surface area contributed by atoms with E-state index in [2.05, 4.69) is 4.99 Å². The minimum Gasteiger partial charge on any atom is -0.294 e. The summed E-state index contributed by atoms with van der Waals surface area (Å²) in [6.07, 6.45) is -3.97. The Morgan fingerprint density at radius 2 is 1.72 bits per heavy atom. The highest BCUT2D eigenvalue weighted by Crippen LogP contribution is 2.33. The zero-order chi connectivity index (χ0) is 18.2. The topological polar surface area (TPSA) is 29.4 Å². The second-order valence-corrected chi connectivity index (χ2v) is 6.85. The number of nitrogens with zero attached hydrogens (tertiary/aromatic N) is 1. The smallest absolute Gasteiger partial charge is 0.294 e. The van der Waals surface area contributed by atoms with Gasteiger partial charge in [0.15, 0.2) is 5.78 Å². The van der Waals surface area contributed by atoms with E-state index >= 15 is 0 Å². The molecule has 0 spiro atoms. The van der Waals surface area contributed by atoms with Gasteiger partial charge in [-0.15, -0.1) is 0 Å².